The Morgan fingerprint density at radius 1 is 0.594 bits per heavy atom. The molecule has 166 valence electrons. The van der Waals surface area contributed by atoms with E-state index in [9.17, 15) is 0 Å². The minimum Gasteiger partial charge on any atom is -0.399 e. The number of benzene rings is 3. The van der Waals surface area contributed by atoms with Crippen LogP contribution in [0.25, 0.3) is 22.3 Å². The quantitative estimate of drug-likeness (QED) is 0.426. The summed E-state index contributed by atoms with van der Waals surface area (Å²) in [6.07, 6.45) is 0. The molecule has 1 aliphatic rings. The Bertz CT molecular complexity index is 1130. The molecule has 32 heavy (non-hydrogen) atoms. The predicted molar refractivity (Wildman–Crippen MR) is 137 cm³/mol. The Morgan fingerprint density at radius 2 is 1.03 bits per heavy atom. The second-order valence-corrected chi connectivity index (χ2v) is 10.5. The third-order valence-electron chi connectivity index (χ3n) is 7.22. The van der Waals surface area contributed by atoms with E-state index in [4.69, 9.17) is 9.31 Å². The second-order valence-electron chi connectivity index (χ2n) is 10.5. The molecule has 0 amide bonds. The van der Waals surface area contributed by atoms with Crippen LogP contribution in [0.2, 0.25) is 0 Å². The second kappa shape index (κ2) is 7.90. The van der Waals surface area contributed by atoms with Crippen molar-refractivity contribution in [3.8, 4) is 22.3 Å². The zero-order chi connectivity index (χ0) is 23.4. The van der Waals surface area contributed by atoms with Crippen molar-refractivity contribution in [1.29, 1.82) is 0 Å². The van der Waals surface area contributed by atoms with Gasteiger partial charge in [-0.3, -0.25) is 0 Å². The molecule has 3 aromatic carbocycles. The molecule has 0 bridgehead atoms. The third kappa shape index (κ3) is 3.93. The van der Waals surface area contributed by atoms with Crippen LogP contribution in [0.4, 0.5) is 0 Å². The standard InChI is InChI=1S/C29H35BO2/c1-18-13-21(4)27(22(5)14-18)24-15-23(26-19(2)11-10-12-20(26)3)16-25(17-24)30-31-28(6,7)29(8,9)32-30/h10-17H,1-9H3. The summed E-state index contributed by atoms with van der Waals surface area (Å²) in [4.78, 5) is 0. The van der Waals surface area contributed by atoms with Gasteiger partial charge in [0.15, 0.2) is 0 Å². The molecule has 0 N–H and O–H groups in total. The SMILES string of the molecule is Cc1cc(C)c(-c2cc(B3OC(C)(C)C(C)(C)O3)cc(-c3c(C)cccc3C)c2)c(C)c1. The summed E-state index contributed by atoms with van der Waals surface area (Å²) < 4.78 is 12.9. The zero-order valence-electron chi connectivity index (χ0n) is 21.0. The smallest absolute Gasteiger partial charge is 0.399 e. The van der Waals surface area contributed by atoms with Crippen LogP contribution in [-0.2, 0) is 9.31 Å². The summed E-state index contributed by atoms with van der Waals surface area (Å²) in [5.41, 5.74) is 11.8. The molecule has 0 spiro atoms. The van der Waals surface area contributed by atoms with Crippen LogP contribution in [0.3, 0.4) is 0 Å². The van der Waals surface area contributed by atoms with Gasteiger partial charge in [0.2, 0.25) is 0 Å². The lowest BCUT2D eigenvalue weighted by atomic mass is 9.75. The first-order valence-electron chi connectivity index (χ1n) is 11.5. The van der Waals surface area contributed by atoms with E-state index in [2.05, 4.69) is 111 Å². The molecule has 1 heterocycles. The van der Waals surface area contributed by atoms with E-state index in [1.165, 1.54) is 50.1 Å². The van der Waals surface area contributed by atoms with Gasteiger partial charge < -0.3 is 9.31 Å². The minimum atomic E-state index is -0.394. The van der Waals surface area contributed by atoms with Crippen LogP contribution in [0, 0.1) is 34.6 Å². The van der Waals surface area contributed by atoms with Gasteiger partial charge >= 0.3 is 7.12 Å². The fraction of sp³-hybridized carbons (Fsp3) is 0.379. The molecule has 4 rings (SSSR count). The lowest BCUT2D eigenvalue weighted by Gasteiger charge is -2.32. The van der Waals surface area contributed by atoms with Crippen molar-refractivity contribution in [1.82, 2.24) is 0 Å². The van der Waals surface area contributed by atoms with Gasteiger partial charge in [-0.25, -0.2) is 0 Å². The van der Waals surface area contributed by atoms with Gasteiger partial charge in [-0.05, 0) is 118 Å². The highest BCUT2D eigenvalue weighted by Gasteiger charge is 2.51. The molecule has 0 aromatic heterocycles. The zero-order valence-corrected chi connectivity index (χ0v) is 21.0. The van der Waals surface area contributed by atoms with Gasteiger partial charge in [-0.1, -0.05) is 48.0 Å². The molecule has 3 heteroatoms. The minimum absolute atomic E-state index is 0.373. The molecule has 0 saturated carbocycles. The fourth-order valence-electron chi connectivity index (χ4n) is 4.96. The van der Waals surface area contributed by atoms with E-state index in [1.54, 1.807) is 0 Å². The normalized spacial score (nSPS) is 17.1. The van der Waals surface area contributed by atoms with E-state index < -0.39 is 7.12 Å². The summed E-state index contributed by atoms with van der Waals surface area (Å²) in [6, 6.07) is 17.9. The molecule has 1 fully saturated rings. The largest absolute Gasteiger partial charge is 0.494 e. The first kappa shape index (κ1) is 22.8. The van der Waals surface area contributed by atoms with Crippen molar-refractivity contribution in [2.45, 2.75) is 73.5 Å². The highest BCUT2D eigenvalue weighted by molar-refractivity contribution is 6.62. The molecule has 3 aromatic rings. The highest BCUT2D eigenvalue weighted by atomic mass is 16.7. The van der Waals surface area contributed by atoms with Gasteiger partial charge in [0.05, 0.1) is 11.2 Å². The molecular weight excluding hydrogens is 391 g/mol. The monoisotopic (exact) mass is 426 g/mol. The van der Waals surface area contributed by atoms with E-state index >= 15 is 0 Å². The Labute approximate surface area is 194 Å². The molecule has 2 nitrogen and oxygen atoms in total. The Balaban J connectivity index is 1.95. The van der Waals surface area contributed by atoms with Gasteiger partial charge in [-0.15, -0.1) is 0 Å². The van der Waals surface area contributed by atoms with Crippen molar-refractivity contribution >= 4 is 12.6 Å². The number of rotatable bonds is 3. The van der Waals surface area contributed by atoms with Gasteiger partial charge in [0.1, 0.15) is 0 Å². The Hall–Kier alpha value is -2.36. The molecule has 0 unspecified atom stereocenters. The summed E-state index contributed by atoms with van der Waals surface area (Å²) >= 11 is 0. The van der Waals surface area contributed by atoms with Crippen LogP contribution in [0.1, 0.15) is 55.5 Å². The molecule has 1 aliphatic heterocycles. The molecule has 0 aliphatic carbocycles. The van der Waals surface area contributed by atoms with Crippen molar-refractivity contribution in [2.24, 2.45) is 0 Å². The predicted octanol–water partition coefficient (Wildman–Crippen LogP) is 6.86. The summed E-state index contributed by atoms with van der Waals surface area (Å²) in [6.45, 7) is 19.4. The first-order valence-corrected chi connectivity index (χ1v) is 11.5. The first-order chi connectivity index (χ1) is 14.9. The lowest BCUT2D eigenvalue weighted by Crippen LogP contribution is -2.41. The van der Waals surface area contributed by atoms with Crippen molar-refractivity contribution in [2.75, 3.05) is 0 Å². The number of hydrogen-bond acceptors (Lipinski definition) is 2. The maximum atomic E-state index is 6.45. The lowest BCUT2D eigenvalue weighted by molar-refractivity contribution is 0.00578. The Morgan fingerprint density at radius 3 is 1.50 bits per heavy atom. The van der Waals surface area contributed by atoms with Crippen molar-refractivity contribution in [3.05, 3.63) is 76.3 Å². The van der Waals surface area contributed by atoms with Gasteiger partial charge in [0.25, 0.3) is 0 Å². The average Bonchev–Trinajstić information content (AvgIpc) is 2.88. The number of aryl methyl sites for hydroxylation is 5. The Kier molecular flexibility index (Phi) is 5.63. The van der Waals surface area contributed by atoms with Gasteiger partial charge in [0, 0.05) is 0 Å². The van der Waals surface area contributed by atoms with Crippen LogP contribution in [0.5, 0.6) is 0 Å². The summed E-state index contributed by atoms with van der Waals surface area (Å²) in [5.74, 6) is 0. The van der Waals surface area contributed by atoms with E-state index in [1.807, 2.05) is 0 Å². The van der Waals surface area contributed by atoms with Crippen LogP contribution in [-0.4, -0.2) is 18.3 Å². The van der Waals surface area contributed by atoms with Crippen molar-refractivity contribution in [3.63, 3.8) is 0 Å². The van der Waals surface area contributed by atoms with E-state index in [-0.39, 0.29) is 11.2 Å². The van der Waals surface area contributed by atoms with E-state index in [0.717, 1.165) is 5.46 Å². The fourth-order valence-corrected chi connectivity index (χ4v) is 4.96. The molecule has 1 saturated heterocycles. The maximum absolute atomic E-state index is 6.45. The highest BCUT2D eigenvalue weighted by Crippen LogP contribution is 2.38. The van der Waals surface area contributed by atoms with Crippen molar-refractivity contribution < 1.29 is 9.31 Å². The average molecular weight is 426 g/mol. The summed E-state index contributed by atoms with van der Waals surface area (Å²) in [7, 11) is -0.394. The van der Waals surface area contributed by atoms with Crippen LogP contribution < -0.4 is 5.46 Å². The maximum Gasteiger partial charge on any atom is 0.494 e. The summed E-state index contributed by atoms with van der Waals surface area (Å²) in [5, 5.41) is 0. The molecule has 0 atom stereocenters. The third-order valence-corrected chi connectivity index (χ3v) is 7.22. The topological polar surface area (TPSA) is 18.5 Å². The number of hydrogen-bond donors (Lipinski definition) is 0. The molecular formula is C29H35BO2. The van der Waals surface area contributed by atoms with Gasteiger partial charge in [-0.2, -0.15) is 0 Å². The van der Waals surface area contributed by atoms with E-state index in [0.29, 0.717) is 0 Å². The molecule has 0 radical (unpaired) electrons. The van der Waals surface area contributed by atoms with Crippen LogP contribution >= 0.6 is 0 Å². The van der Waals surface area contributed by atoms with Crippen LogP contribution in [0.15, 0.2) is 48.5 Å².